The Kier molecular flexibility index (Phi) is 6.47. The van der Waals surface area contributed by atoms with E-state index in [2.05, 4.69) is 16.1 Å². The van der Waals surface area contributed by atoms with Crippen LogP contribution in [0.1, 0.15) is 40.2 Å². The van der Waals surface area contributed by atoms with Crippen LogP contribution >= 0.6 is 0 Å². The van der Waals surface area contributed by atoms with Gasteiger partial charge in [-0.3, -0.25) is 5.10 Å². The third-order valence-corrected chi connectivity index (χ3v) is 3.81. The van der Waals surface area contributed by atoms with E-state index in [9.17, 15) is 9.90 Å². The largest absolute Gasteiger partial charge is 0.494 e. The Morgan fingerprint density at radius 2 is 2.12 bits per heavy atom. The highest BCUT2D eigenvalue weighted by molar-refractivity contribution is 5.91. The zero-order valence-corrected chi connectivity index (χ0v) is 14.5. The summed E-state index contributed by atoms with van der Waals surface area (Å²) in [5.74, 6) is 2.18. The van der Waals surface area contributed by atoms with Crippen molar-refractivity contribution in [1.29, 1.82) is 0 Å². The maximum atomic E-state index is 11.4. The summed E-state index contributed by atoms with van der Waals surface area (Å²) < 4.78 is 11.1. The summed E-state index contributed by atoms with van der Waals surface area (Å²) in [6.07, 6.45) is 7.25. The fourth-order valence-corrected chi connectivity index (χ4v) is 2.49. The van der Waals surface area contributed by atoms with Gasteiger partial charge in [-0.1, -0.05) is 0 Å². The molecule has 0 spiro atoms. The highest BCUT2D eigenvalue weighted by Gasteiger charge is 2.13. The van der Waals surface area contributed by atoms with Gasteiger partial charge in [0, 0.05) is 12.1 Å². The zero-order chi connectivity index (χ0) is 18.2. The molecule has 0 aliphatic heterocycles. The Morgan fingerprint density at radius 3 is 2.76 bits per heavy atom. The maximum absolute atomic E-state index is 11.4. The topological polar surface area (TPSA) is 84.4 Å². The van der Waals surface area contributed by atoms with E-state index in [1.165, 1.54) is 11.6 Å². The Morgan fingerprint density at radius 1 is 1.32 bits per heavy atom. The number of hydrogen-bond donors (Lipinski definition) is 2. The Balaban J connectivity index is 1.92. The fraction of sp³-hybridized carbons (Fsp3) is 0.368. The number of benzene rings is 1. The number of rotatable bonds is 9. The first-order chi connectivity index (χ1) is 12.0. The molecule has 0 bridgehead atoms. The van der Waals surface area contributed by atoms with E-state index in [4.69, 9.17) is 15.9 Å². The van der Waals surface area contributed by atoms with Gasteiger partial charge in [0.15, 0.2) is 0 Å². The van der Waals surface area contributed by atoms with Crippen molar-refractivity contribution in [1.82, 2.24) is 10.2 Å². The van der Waals surface area contributed by atoms with Crippen LogP contribution in [0.15, 0.2) is 18.2 Å². The Hall–Kier alpha value is -2.94. The van der Waals surface area contributed by atoms with E-state index in [0.717, 1.165) is 24.2 Å². The number of aromatic carboxylic acids is 1. The number of hydrogen-bond acceptors (Lipinski definition) is 4. The van der Waals surface area contributed by atoms with Crippen LogP contribution in [-0.4, -0.2) is 34.5 Å². The zero-order valence-electron chi connectivity index (χ0n) is 14.5. The van der Waals surface area contributed by atoms with Crippen LogP contribution in [0.5, 0.6) is 11.5 Å². The number of carbonyl (C=O) groups is 1. The van der Waals surface area contributed by atoms with Crippen LogP contribution in [0, 0.1) is 26.2 Å². The molecule has 2 aromatic rings. The summed E-state index contributed by atoms with van der Waals surface area (Å²) in [4.78, 5) is 11.4. The van der Waals surface area contributed by atoms with Crippen LogP contribution in [0.2, 0.25) is 0 Å². The van der Waals surface area contributed by atoms with E-state index < -0.39 is 5.97 Å². The molecule has 0 amide bonds. The summed E-state index contributed by atoms with van der Waals surface area (Å²) in [5, 5.41) is 16.4. The van der Waals surface area contributed by atoms with Crippen molar-refractivity contribution in [2.24, 2.45) is 0 Å². The Labute approximate surface area is 147 Å². The van der Waals surface area contributed by atoms with E-state index in [1.54, 1.807) is 12.1 Å². The highest BCUT2D eigenvalue weighted by atomic mass is 16.5. The number of carboxylic acids is 1. The Bertz CT molecular complexity index is 755. The van der Waals surface area contributed by atoms with Gasteiger partial charge in [0.05, 0.1) is 18.9 Å². The molecule has 1 heterocycles. The smallest absolute Gasteiger partial charge is 0.339 e. The summed E-state index contributed by atoms with van der Waals surface area (Å²) in [7, 11) is 0. The van der Waals surface area contributed by atoms with Crippen LogP contribution in [0.4, 0.5) is 0 Å². The van der Waals surface area contributed by atoms with Crippen molar-refractivity contribution in [3.63, 3.8) is 0 Å². The predicted octanol–water partition coefficient (Wildman–Crippen LogP) is 3.14. The summed E-state index contributed by atoms with van der Waals surface area (Å²) >= 11 is 0. The molecule has 1 aromatic heterocycles. The first-order valence-electron chi connectivity index (χ1n) is 8.09. The number of aromatic nitrogens is 2. The van der Waals surface area contributed by atoms with Crippen molar-refractivity contribution < 1.29 is 19.4 Å². The number of terminal acetylenes is 1. The van der Waals surface area contributed by atoms with Gasteiger partial charge in [-0.2, -0.15) is 5.10 Å². The fourth-order valence-electron chi connectivity index (χ4n) is 2.49. The molecule has 2 rings (SSSR count). The second-order valence-electron chi connectivity index (χ2n) is 5.63. The minimum absolute atomic E-state index is 0.0658. The molecule has 6 nitrogen and oxygen atoms in total. The van der Waals surface area contributed by atoms with E-state index in [1.807, 2.05) is 13.8 Å². The molecule has 0 unspecified atom stereocenters. The molecule has 2 N–H and O–H groups in total. The van der Waals surface area contributed by atoms with Gasteiger partial charge < -0.3 is 14.6 Å². The average Bonchev–Trinajstić information content (AvgIpc) is 2.91. The first-order valence-corrected chi connectivity index (χ1v) is 8.09. The molecule has 132 valence electrons. The number of nitrogens with one attached hydrogen (secondary N) is 1. The molecular weight excluding hydrogens is 320 g/mol. The average molecular weight is 342 g/mol. The lowest BCUT2D eigenvalue weighted by molar-refractivity contribution is 0.0691. The van der Waals surface area contributed by atoms with Crippen LogP contribution < -0.4 is 9.47 Å². The minimum Gasteiger partial charge on any atom is -0.494 e. The summed E-state index contributed by atoms with van der Waals surface area (Å²) in [6.45, 7) is 4.73. The number of H-pyrrole nitrogens is 1. The van der Waals surface area contributed by atoms with E-state index >= 15 is 0 Å². The second-order valence-corrected chi connectivity index (χ2v) is 5.63. The molecule has 0 saturated carbocycles. The van der Waals surface area contributed by atoms with Crippen molar-refractivity contribution in [2.45, 2.75) is 33.1 Å². The number of aryl methyl sites for hydroxylation is 2. The molecule has 25 heavy (non-hydrogen) atoms. The van der Waals surface area contributed by atoms with Crippen molar-refractivity contribution >= 4 is 5.97 Å². The monoisotopic (exact) mass is 342 g/mol. The van der Waals surface area contributed by atoms with Gasteiger partial charge in [-0.15, -0.1) is 12.3 Å². The number of aromatic amines is 1. The van der Waals surface area contributed by atoms with Gasteiger partial charge in [-0.25, -0.2) is 4.79 Å². The molecule has 0 aliphatic carbocycles. The third-order valence-electron chi connectivity index (χ3n) is 3.81. The number of carboxylic acid groups (broad SMARTS) is 1. The normalized spacial score (nSPS) is 10.3. The highest BCUT2D eigenvalue weighted by Crippen LogP contribution is 2.25. The van der Waals surface area contributed by atoms with Crippen LogP contribution in [-0.2, 0) is 6.42 Å². The number of ether oxygens (including phenoxy) is 2. The van der Waals surface area contributed by atoms with Crippen LogP contribution in [0.3, 0.4) is 0 Å². The first kappa shape index (κ1) is 18.4. The van der Waals surface area contributed by atoms with E-state index in [-0.39, 0.29) is 12.2 Å². The molecule has 0 radical (unpaired) electrons. The predicted molar refractivity (Wildman–Crippen MR) is 94.2 cm³/mol. The molecule has 0 aliphatic rings. The molecule has 0 atom stereocenters. The maximum Gasteiger partial charge on any atom is 0.339 e. The van der Waals surface area contributed by atoms with Crippen molar-refractivity contribution in [3.8, 4) is 23.8 Å². The number of nitrogens with zero attached hydrogens (tertiary/aromatic N) is 1. The van der Waals surface area contributed by atoms with Gasteiger partial charge in [0.1, 0.15) is 17.1 Å². The van der Waals surface area contributed by atoms with Gasteiger partial charge in [0.25, 0.3) is 0 Å². The SMILES string of the molecule is C#CCCOc1ccc(OCCCc2c(C)n[nH]c2C)cc1C(=O)O. The summed E-state index contributed by atoms with van der Waals surface area (Å²) in [6, 6.07) is 4.77. The lowest BCUT2D eigenvalue weighted by Crippen LogP contribution is -2.06. The third kappa shape index (κ3) is 5.01. The molecular formula is C19H22N2O4. The minimum atomic E-state index is -1.06. The van der Waals surface area contributed by atoms with Gasteiger partial charge >= 0.3 is 5.97 Å². The quantitative estimate of drug-likeness (QED) is 0.540. The van der Waals surface area contributed by atoms with Gasteiger partial charge in [0.2, 0.25) is 0 Å². The lowest BCUT2D eigenvalue weighted by atomic mass is 10.1. The summed E-state index contributed by atoms with van der Waals surface area (Å²) in [5.41, 5.74) is 3.33. The molecule has 1 aromatic carbocycles. The second kappa shape index (κ2) is 8.78. The van der Waals surface area contributed by atoms with E-state index in [0.29, 0.717) is 24.5 Å². The molecule has 0 saturated heterocycles. The van der Waals surface area contributed by atoms with Gasteiger partial charge in [-0.05, 0) is 50.5 Å². The lowest BCUT2D eigenvalue weighted by Gasteiger charge is -2.11. The standard InChI is InChI=1S/C19H22N2O4/c1-4-5-10-25-18-9-8-15(12-17(18)19(22)23)24-11-6-7-16-13(2)20-21-14(16)3/h1,8-9,12H,5-7,10-11H2,2-3H3,(H,20,21)(H,22,23). The molecule has 6 heteroatoms. The van der Waals surface area contributed by atoms with Crippen LogP contribution in [0.25, 0.3) is 0 Å². The van der Waals surface area contributed by atoms with Crippen molar-refractivity contribution in [3.05, 3.63) is 40.7 Å². The molecule has 0 fully saturated rings. The van der Waals surface area contributed by atoms with Crippen molar-refractivity contribution in [2.75, 3.05) is 13.2 Å².